The molecule has 0 atom stereocenters. The van der Waals surface area contributed by atoms with E-state index in [1.165, 1.54) is 17.5 Å². The highest BCUT2D eigenvalue weighted by atomic mass is 16.5. The first-order valence-corrected chi connectivity index (χ1v) is 10.5. The number of fused-ring (bicyclic) bond motifs is 1. The highest BCUT2D eigenvalue weighted by Gasteiger charge is 2.23. The van der Waals surface area contributed by atoms with Crippen LogP contribution in [-0.2, 0) is 19.4 Å². The molecule has 0 unspecified atom stereocenters. The largest absolute Gasteiger partial charge is 0.493 e. The molecule has 2 aromatic carbocycles. The van der Waals surface area contributed by atoms with Crippen molar-refractivity contribution in [2.45, 2.75) is 39.7 Å². The van der Waals surface area contributed by atoms with Gasteiger partial charge in [0.05, 0.1) is 30.9 Å². The molecule has 6 heteroatoms. The molecule has 0 saturated carbocycles. The first kappa shape index (κ1) is 18.6. The summed E-state index contributed by atoms with van der Waals surface area (Å²) in [5.41, 5.74) is 6.97. The van der Waals surface area contributed by atoms with Crippen LogP contribution in [0.2, 0.25) is 0 Å². The second-order valence-electron chi connectivity index (χ2n) is 7.68. The van der Waals surface area contributed by atoms with E-state index in [1.807, 2.05) is 38.4 Å². The number of aromatic amines is 1. The van der Waals surface area contributed by atoms with Crippen LogP contribution in [0.25, 0.3) is 22.5 Å². The van der Waals surface area contributed by atoms with Gasteiger partial charge in [-0.3, -0.25) is 5.10 Å². The van der Waals surface area contributed by atoms with Gasteiger partial charge >= 0.3 is 0 Å². The number of aryl methyl sites for hydroxylation is 3. The predicted octanol–water partition coefficient (Wildman–Crippen LogP) is 4.58. The molecule has 0 aliphatic heterocycles. The second kappa shape index (κ2) is 7.78. The number of nitrogens with one attached hydrogen (secondary N) is 1. The van der Waals surface area contributed by atoms with E-state index in [0.29, 0.717) is 13.2 Å². The van der Waals surface area contributed by atoms with Crippen molar-refractivity contribution in [3.05, 3.63) is 71.6 Å². The average molecular weight is 399 g/mol. The fraction of sp³-hybridized carbons (Fsp3) is 0.292. The number of nitrogens with zero attached hydrogens (tertiary/aromatic N) is 4. The van der Waals surface area contributed by atoms with E-state index < -0.39 is 0 Å². The first-order chi connectivity index (χ1) is 14.7. The Kier molecular flexibility index (Phi) is 4.83. The topological polar surface area (TPSA) is 68.6 Å². The third-order valence-electron chi connectivity index (χ3n) is 5.59. The van der Waals surface area contributed by atoms with Crippen LogP contribution in [-0.4, -0.2) is 31.3 Å². The number of ether oxygens (including phenoxy) is 1. The van der Waals surface area contributed by atoms with Gasteiger partial charge in [-0.25, -0.2) is 9.97 Å². The molecule has 4 aromatic rings. The Morgan fingerprint density at radius 2 is 1.90 bits per heavy atom. The molecule has 30 heavy (non-hydrogen) atoms. The first-order valence-electron chi connectivity index (χ1n) is 10.5. The normalized spacial score (nSPS) is 12.9. The quantitative estimate of drug-likeness (QED) is 0.515. The molecular formula is C24H25N5O. The maximum atomic E-state index is 6.11. The highest BCUT2D eigenvalue weighted by Crippen LogP contribution is 2.40. The predicted molar refractivity (Wildman–Crippen MR) is 117 cm³/mol. The molecule has 0 radical (unpaired) electrons. The average Bonchev–Trinajstić information content (AvgIpc) is 3.48. The van der Waals surface area contributed by atoms with Crippen molar-refractivity contribution in [3.63, 3.8) is 0 Å². The van der Waals surface area contributed by atoms with Gasteiger partial charge in [0.2, 0.25) is 0 Å². The Bertz CT molecular complexity index is 1180. The minimum absolute atomic E-state index is 0.544. The molecule has 1 aliphatic carbocycles. The van der Waals surface area contributed by atoms with Crippen LogP contribution < -0.4 is 4.74 Å². The van der Waals surface area contributed by atoms with E-state index in [-0.39, 0.29) is 0 Å². The van der Waals surface area contributed by atoms with Gasteiger partial charge in [0, 0.05) is 11.1 Å². The van der Waals surface area contributed by atoms with E-state index >= 15 is 0 Å². The summed E-state index contributed by atoms with van der Waals surface area (Å²) < 4.78 is 8.24. The van der Waals surface area contributed by atoms with Crippen molar-refractivity contribution in [1.29, 1.82) is 0 Å². The van der Waals surface area contributed by atoms with E-state index in [9.17, 15) is 0 Å². The fourth-order valence-corrected chi connectivity index (χ4v) is 4.27. The Hall–Kier alpha value is -3.41. The molecule has 0 bridgehead atoms. The number of rotatable bonds is 6. The van der Waals surface area contributed by atoms with Gasteiger partial charge < -0.3 is 9.30 Å². The van der Waals surface area contributed by atoms with Crippen LogP contribution in [0.15, 0.2) is 48.8 Å². The molecule has 1 aliphatic rings. The molecule has 0 saturated heterocycles. The van der Waals surface area contributed by atoms with Crippen molar-refractivity contribution in [1.82, 2.24) is 24.7 Å². The zero-order chi connectivity index (χ0) is 20.5. The summed E-state index contributed by atoms with van der Waals surface area (Å²) in [5, 5.41) is 7.26. The van der Waals surface area contributed by atoms with Gasteiger partial charge in [-0.1, -0.05) is 30.3 Å². The van der Waals surface area contributed by atoms with Crippen LogP contribution >= 0.6 is 0 Å². The van der Waals surface area contributed by atoms with Crippen LogP contribution in [0.5, 0.6) is 5.75 Å². The number of hydrogen-bond donors (Lipinski definition) is 1. The molecule has 152 valence electrons. The van der Waals surface area contributed by atoms with Crippen LogP contribution in [0.4, 0.5) is 0 Å². The van der Waals surface area contributed by atoms with Crippen molar-refractivity contribution < 1.29 is 4.74 Å². The van der Waals surface area contributed by atoms with E-state index in [4.69, 9.17) is 9.72 Å². The summed E-state index contributed by atoms with van der Waals surface area (Å²) in [7, 11) is 0. The number of benzene rings is 2. The van der Waals surface area contributed by atoms with E-state index in [0.717, 1.165) is 52.8 Å². The van der Waals surface area contributed by atoms with Crippen molar-refractivity contribution in [3.8, 4) is 28.3 Å². The molecule has 0 amide bonds. The lowest BCUT2D eigenvalue weighted by atomic mass is 9.99. The lowest BCUT2D eigenvalue weighted by Crippen LogP contribution is -2.05. The minimum Gasteiger partial charge on any atom is -0.493 e. The lowest BCUT2D eigenvalue weighted by molar-refractivity contribution is 0.341. The van der Waals surface area contributed by atoms with Crippen LogP contribution in [0.3, 0.4) is 0 Å². The van der Waals surface area contributed by atoms with Gasteiger partial charge in [-0.15, -0.1) is 0 Å². The molecule has 0 spiro atoms. The Balaban J connectivity index is 1.70. The summed E-state index contributed by atoms with van der Waals surface area (Å²) in [6, 6.07) is 14.8. The molecule has 2 heterocycles. The standard InChI is InChI=1S/C24H25N5O/c1-3-30-21-13-19-11-7-10-18(19)12-20(21)24-23(17-8-5-4-6-9-17)25-15-29(24)14-22-26-16(2)27-28-22/h4-6,8-9,12-13,15H,3,7,10-11,14H2,1-2H3,(H,26,27,28). The van der Waals surface area contributed by atoms with Gasteiger partial charge in [0.1, 0.15) is 11.6 Å². The van der Waals surface area contributed by atoms with Gasteiger partial charge in [0.25, 0.3) is 0 Å². The third-order valence-corrected chi connectivity index (χ3v) is 5.59. The number of aromatic nitrogens is 5. The number of hydrogen-bond acceptors (Lipinski definition) is 4. The summed E-state index contributed by atoms with van der Waals surface area (Å²) in [6.07, 6.45) is 5.32. The molecular weight excluding hydrogens is 374 g/mol. The highest BCUT2D eigenvalue weighted by molar-refractivity contribution is 5.82. The summed E-state index contributed by atoms with van der Waals surface area (Å²) >= 11 is 0. The van der Waals surface area contributed by atoms with E-state index in [1.54, 1.807) is 0 Å². The van der Waals surface area contributed by atoms with Gasteiger partial charge in [-0.2, -0.15) is 5.10 Å². The number of imidazole rings is 1. The lowest BCUT2D eigenvalue weighted by Gasteiger charge is -2.16. The van der Waals surface area contributed by atoms with Crippen LogP contribution in [0.1, 0.15) is 36.1 Å². The summed E-state index contributed by atoms with van der Waals surface area (Å²) in [6.45, 7) is 5.11. The summed E-state index contributed by atoms with van der Waals surface area (Å²) in [4.78, 5) is 9.29. The zero-order valence-electron chi connectivity index (χ0n) is 17.4. The Morgan fingerprint density at radius 3 is 2.63 bits per heavy atom. The van der Waals surface area contributed by atoms with Gasteiger partial charge in [-0.05, 0) is 56.4 Å². The van der Waals surface area contributed by atoms with Gasteiger partial charge in [0.15, 0.2) is 5.82 Å². The Labute approximate surface area is 176 Å². The van der Waals surface area contributed by atoms with Crippen molar-refractivity contribution >= 4 is 0 Å². The van der Waals surface area contributed by atoms with Crippen LogP contribution in [0, 0.1) is 6.92 Å². The molecule has 5 rings (SSSR count). The molecule has 6 nitrogen and oxygen atoms in total. The minimum atomic E-state index is 0.544. The zero-order valence-corrected chi connectivity index (χ0v) is 17.4. The van der Waals surface area contributed by atoms with Crippen molar-refractivity contribution in [2.75, 3.05) is 6.61 Å². The third kappa shape index (κ3) is 3.38. The fourth-order valence-electron chi connectivity index (χ4n) is 4.27. The molecule has 1 N–H and O–H groups in total. The Morgan fingerprint density at radius 1 is 1.10 bits per heavy atom. The molecule has 0 fully saturated rings. The monoisotopic (exact) mass is 399 g/mol. The smallest absolute Gasteiger partial charge is 0.170 e. The van der Waals surface area contributed by atoms with E-state index in [2.05, 4.69) is 44.0 Å². The second-order valence-corrected chi connectivity index (χ2v) is 7.68. The SMILES string of the molecule is CCOc1cc2c(cc1-c1c(-c3ccccc3)ncn1Cc1n[nH]c(C)n1)CCC2. The number of H-pyrrole nitrogens is 1. The maximum absolute atomic E-state index is 6.11. The van der Waals surface area contributed by atoms with Crippen molar-refractivity contribution in [2.24, 2.45) is 0 Å². The molecule has 2 aromatic heterocycles. The summed E-state index contributed by atoms with van der Waals surface area (Å²) in [5.74, 6) is 2.47. The maximum Gasteiger partial charge on any atom is 0.170 e.